The zero-order chi connectivity index (χ0) is 10.9. The predicted molar refractivity (Wildman–Crippen MR) is 57.4 cm³/mol. The van der Waals surface area contributed by atoms with Crippen LogP contribution in [0.25, 0.3) is 0 Å². The van der Waals surface area contributed by atoms with E-state index in [4.69, 9.17) is 0 Å². The van der Waals surface area contributed by atoms with Crippen LogP contribution in [0, 0.1) is 10.1 Å². The number of hydrogen-bond donors (Lipinski definition) is 0. The molecule has 5 heteroatoms. The summed E-state index contributed by atoms with van der Waals surface area (Å²) in [4.78, 5) is 18.2. The highest BCUT2D eigenvalue weighted by Crippen LogP contribution is 2.27. The van der Waals surface area contributed by atoms with Gasteiger partial charge >= 0.3 is 0 Å². The minimum Gasteiger partial charge on any atom is -0.258 e. The van der Waals surface area contributed by atoms with Crippen molar-refractivity contribution in [1.29, 1.82) is 0 Å². The minimum atomic E-state index is -0.477. The van der Waals surface area contributed by atoms with Gasteiger partial charge in [-0.1, -0.05) is 0 Å². The van der Waals surface area contributed by atoms with Crippen molar-refractivity contribution in [3.63, 3.8) is 0 Å². The molecular weight excluding hydrogens is 194 g/mol. The van der Waals surface area contributed by atoms with E-state index in [2.05, 4.69) is 9.98 Å². The van der Waals surface area contributed by atoms with Gasteiger partial charge in [0, 0.05) is 18.3 Å². The number of nitro benzene ring substituents is 1. The van der Waals surface area contributed by atoms with Crippen molar-refractivity contribution in [2.45, 2.75) is 12.5 Å². The first kappa shape index (κ1) is 9.51. The number of aliphatic imine (C=N–C) groups is 2. The van der Waals surface area contributed by atoms with E-state index in [1.807, 2.05) is 6.92 Å². The molecule has 0 saturated carbocycles. The highest BCUT2D eigenvalue weighted by atomic mass is 16.6. The molecule has 15 heavy (non-hydrogen) atoms. The lowest BCUT2D eigenvalue weighted by Crippen LogP contribution is -2.17. The molecule has 76 valence electrons. The van der Waals surface area contributed by atoms with Crippen molar-refractivity contribution < 1.29 is 4.92 Å². The third-order valence-corrected chi connectivity index (χ3v) is 2.38. The maximum Gasteiger partial charge on any atom is 0.269 e. The Morgan fingerprint density at radius 2 is 2.00 bits per heavy atom. The van der Waals surface area contributed by atoms with Crippen LogP contribution >= 0.6 is 0 Å². The quantitative estimate of drug-likeness (QED) is 0.544. The van der Waals surface area contributed by atoms with E-state index in [9.17, 15) is 10.1 Å². The second-order valence-electron chi connectivity index (χ2n) is 3.47. The van der Waals surface area contributed by atoms with Crippen molar-refractivity contribution >= 4 is 18.2 Å². The van der Waals surface area contributed by atoms with Gasteiger partial charge in [0.1, 0.15) is 11.9 Å². The van der Waals surface area contributed by atoms with Crippen molar-refractivity contribution in [3.05, 3.63) is 39.9 Å². The summed E-state index contributed by atoms with van der Waals surface area (Å²) in [6.45, 7) is 1.90. The molecule has 1 aromatic rings. The van der Waals surface area contributed by atoms with Crippen LogP contribution < -0.4 is 0 Å². The molecule has 2 rings (SSSR count). The molecule has 0 bridgehead atoms. The van der Waals surface area contributed by atoms with E-state index in [1.54, 1.807) is 18.3 Å². The van der Waals surface area contributed by atoms with Crippen LogP contribution in [0.5, 0.6) is 0 Å². The molecule has 0 N–H and O–H groups in total. The average Bonchev–Trinajstić information content (AvgIpc) is 2.67. The van der Waals surface area contributed by atoms with Crippen LogP contribution in [0.2, 0.25) is 0 Å². The Morgan fingerprint density at radius 1 is 1.33 bits per heavy atom. The number of nitrogens with zero attached hydrogens (tertiary/aromatic N) is 3. The summed E-state index contributed by atoms with van der Waals surface area (Å²) in [7, 11) is 0. The summed E-state index contributed by atoms with van der Waals surface area (Å²) in [5, 5.41) is 10.5. The molecule has 0 saturated heterocycles. The van der Waals surface area contributed by atoms with Gasteiger partial charge in [-0.3, -0.25) is 15.1 Å². The molecule has 1 aliphatic rings. The number of non-ortho nitro benzene ring substituents is 1. The van der Waals surface area contributed by atoms with Crippen LogP contribution in [-0.4, -0.2) is 17.5 Å². The second-order valence-corrected chi connectivity index (χ2v) is 3.47. The molecule has 1 aromatic carbocycles. The smallest absolute Gasteiger partial charge is 0.258 e. The third-order valence-electron chi connectivity index (χ3n) is 2.38. The van der Waals surface area contributed by atoms with Gasteiger partial charge in [0.25, 0.3) is 5.69 Å². The summed E-state index contributed by atoms with van der Waals surface area (Å²) in [6.07, 6.45) is 3.20. The van der Waals surface area contributed by atoms with Crippen molar-refractivity contribution in [3.8, 4) is 0 Å². The Bertz CT molecular complexity index is 436. The van der Waals surface area contributed by atoms with E-state index in [0.717, 1.165) is 5.56 Å². The summed E-state index contributed by atoms with van der Waals surface area (Å²) in [5.74, 6) is 0. The number of hydrogen-bond acceptors (Lipinski definition) is 4. The molecule has 0 aliphatic carbocycles. The first-order valence-electron chi connectivity index (χ1n) is 4.45. The van der Waals surface area contributed by atoms with Gasteiger partial charge < -0.3 is 0 Å². The monoisotopic (exact) mass is 203 g/mol. The Kier molecular flexibility index (Phi) is 2.07. The standard InChI is InChI=1S/C10H9N3O2/c1-10(6-11-7-12-10)8-2-4-9(5-3-8)13(14)15/h2-7H,1H3. The molecule has 1 atom stereocenters. The van der Waals surface area contributed by atoms with Crippen LogP contribution in [0.1, 0.15) is 12.5 Å². The van der Waals surface area contributed by atoms with Crippen LogP contribution in [-0.2, 0) is 5.54 Å². The summed E-state index contributed by atoms with van der Waals surface area (Å²) < 4.78 is 0. The molecule has 5 nitrogen and oxygen atoms in total. The van der Waals surface area contributed by atoms with Crippen molar-refractivity contribution in [2.24, 2.45) is 9.98 Å². The first-order valence-corrected chi connectivity index (χ1v) is 4.45. The maximum atomic E-state index is 10.5. The topological polar surface area (TPSA) is 67.9 Å². The highest BCUT2D eigenvalue weighted by Gasteiger charge is 2.25. The first-order chi connectivity index (χ1) is 7.12. The SMILES string of the molecule is CC1(c2ccc([N+](=O)[O-])cc2)C=NC=N1. The Morgan fingerprint density at radius 3 is 2.47 bits per heavy atom. The van der Waals surface area contributed by atoms with E-state index in [1.165, 1.54) is 18.5 Å². The lowest BCUT2D eigenvalue weighted by atomic mass is 9.94. The lowest BCUT2D eigenvalue weighted by Gasteiger charge is -2.16. The van der Waals surface area contributed by atoms with Gasteiger partial charge in [-0.2, -0.15) is 0 Å². The van der Waals surface area contributed by atoms with Gasteiger partial charge in [-0.15, -0.1) is 0 Å². The average molecular weight is 203 g/mol. The molecule has 1 aliphatic heterocycles. The summed E-state index contributed by atoms with van der Waals surface area (Å²) >= 11 is 0. The molecule has 1 unspecified atom stereocenters. The highest BCUT2D eigenvalue weighted by molar-refractivity contribution is 5.86. The summed E-state index contributed by atoms with van der Waals surface area (Å²) in [5.41, 5.74) is 0.502. The van der Waals surface area contributed by atoms with E-state index >= 15 is 0 Å². The van der Waals surface area contributed by atoms with Gasteiger partial charge in [0.2, 0.25) is 0 Å². The number of benzene rings is 1. The van der Waals surface area contributed by atoms with Crippen LogP contribution in [0.4, 0.5) is 5.69 Å². The molecule has 1 heterocycles. The van der Waals surface area contributed by atoms with Crippen LogP contribution in [0.15, 0.2) is 34.3 Å². The fraction of sp³-hybridized carbons (Fsp3) is 0.200. The Hall–Kier alpha value is -2.04. The van der Waals surface area contributed by atoms with E-state index in [0.29, 0.717) is 0 Å². The second kappa shape index (κ2) is 3.27. The van der Waals surface area contributed by atoms with Gasteiger partial charge in [-0.05, 0) is 24.6 Å². The van der Waals surface area contributed by atoms with Crippen LogP contribution in [0.3, 0.4) is 0 Å². The van der Waals surface area contributed by atoms with Crippen molar-refractivity contribution in [1.82, 2.24) is 0 Å². The molecule has 0 aromatic heterocycles. The van der Waals surface area contributed by atoms with Gasteiger partial charge in [-0.25, -0.2) is 4.99 Å². The number of nitro groups is 1. The lowest BCUT2D eigenvalue weighted by molar-refractivity contribution is -0.384. The van der Waals surface area contributed by atoms with Gasteiger partial charge in [0.05, 0.1) is 4.92 Å². The molecule has 0 spiro atoms. The van der Waals surface area contributed by atoms with Gasteiger partial charge in [0.15, 0.2) is 0 Å². The number of rotatable bonds is 2. The zero-order valence-corrected chi connectivity index (χ0v) is 8.12. The normalized spacial score (nSPS) is 23.3. The van der Waals surface area contributed by atoms with Crippen molar-refractivity contribution in [2.75, 3.05) is 0 Å². The predicted octanol–water partition coefficient (Wildman–Crippen LogP) is 1.92. The zero-order valence-electron chi connectivity index (χ0n) is 8.12. The molecular formula is C10H9N3O2. The molecule has 0 fully saturated rings. The largest absolute Gasteiger partial charge is 0.269 e. The maximum absolute atomic E-state index is 10.5. The third kappa shape index (κ3) is 1.63. The fourth-order valence-corrected chi connectivity index (χ4v) is 1.43. The fourth-order valence-electron chi connectivity index (χ4n) is 1.43. The van der Waals surface area contributed by atoms with E-state index < -0.39 is 10.5 Å². The Balaban J connectivity index is 2.35. The molecule has 0 amide bonds. The Labute approximate surface area is 86.3 Å². The van der Waals surface area contributed by atoms with E-state index in [-0.39, 0.29) is 5.69 Å². The summed E-state index contributed by atoms with van der Waals surface area (Å²) in [6, 6.07) is 6.35. The minimum absolute atomic E-state index is 0.0845. The molecule has 0 radical (unpaired) electrons.